The number of amides is 1. The first kappa shape index (κ1) is 17.5. The number of para-hydroxylation sites is 1. The summed E-state index contributed by atoms with van der Waals surface area (Å²) < 4.78 is 41.9. The van der Waals surface area contributed by atoms with Crippen LogP contribution in [0.2, 0.25) is 0 Å². The minimum absolute atomic E-state index is 0.196. The summed E-state index contributed by atoms with van der Waals surface area (Å²) in [6.45, 7) is 1.82. The number of aryl methyl sites for hydroxylation is 1. The summed E-state index contributed by atoms with van der Waals surface area (Å²) >= 11 is 0. The van der Waals surface area contributed by atoms with Crippen LogP contribution in [-0.4, -0.2) is 22.1 Å². The van der Waals surface area contributed by atoms with Crippen LogP contribution >= 0.6 is 0 Å². The van der Waals surface area contributed by atoms with Gasteiger partial charge >= 0.3 is 6.36 Å². The third-order valence-corrected chi connectivity index (χ3v) is 3.47. The van der Waals surface area contributed by atoms with Crippen molar-refractivity contribution >= 4 is 11.6 Å². The second-order valence-corrected chi connectivity index (χ2v) is 5.44. The van der Waals surface area contributed by atoms with Crippen molar-refractivity contribution in [1.29, 1.82) is 0 Å². The lowest BCUT2D eigenvalue weighted by Crippen LogP contribution is -2.17. The first-order valence-electron chi connectivity index (χ1n) is 7.61. The summed E-state index contributed by atoms with van der Waals surface area (Å²) in [7, 11) is 0. The van der Waals surface area contributed by atoms with Gasteiger partial charge < -0.3 is 10.1 Å². The van der Waals surface area contributed by atoms with Crippen LogP contribution in [0.15, 0.2) is 60.7 Å². The molecular weight excluding hydrogens is 347 g/mol. The van der Waals surface area contributed by atoms with Gasteiger partial charge in [0.15, 0.2) is 5.69 Å². The summed E-state index contributed by atoms with van der Waals surface area (Å²) in [6.07, 6.45) is -4.76. The van der Waals surface area contributed by atoms with Crippen molar-refractivity contribution < 1.29 is 22.7 Å². The average Bonchev–Trinajstić information content (AvgIpc) is 2.98. The lowest BCUT2D eigenvalue weighted by atomic mass is 10.3. The Morgan fingerprint density at radius 2 is 1.73 bits per heavy atom. The highest BCUT2D eigenvalue weighted by Crippen LogP contribution is 2.24. The van der Waals surface area contributed by atoms with Crippen LogP contribution in [0.5, 0.6) is 5.75 Å². The molecular formula is C18H14F3N3O2. The molecule has 0 radical (unpaired) electrons. The molecule has 2 aromatic carbocycles. The van der Waals surface area contributed by atoms with Crippen molar-refractivity contribution in [3.63, 3.8) is 0 Å². The van der Waals surface area contributed by atoms with E-state index in [0.29, 0.717) is 5.69 Å². The van der Waals surface area contributed by atoms with Crippen LogP contribution in [0.25, 0.3) is 5.69 Å². The number of carbonyl (C=O) groups is 1. The second kappa shape index (κ2) is 6.91. The van der Waals surface area contributed by atoms with Crippen molar-refractivity contribution in [3.05, 3.63) is 72.1 Å². The van der Waals surface area contributed by atoms with Crippen LogP contribution < -0.4 is 10.1 Å². The molecule has 0 saturated carbocycles. The topological polar surface area (TPSA) is 56.1 Å². The van der Waals surface area contributed by atoms with E-state index in [0.717, 1.165) is 23.5 Å². The molecule has 0 aliphatic heterocycles. The smallest absolute Gasteiger partial charge is 0.406 e. The molecule has 3 aromatic rings. The van der Waals surface area contributed by atoms with Gasteiger partial charge in [0.1, 0.15) is 5.75 Å². The predicted molar refractivity (Wildman–Crippen MR) is 89.4 cm³/mol. The fraction of sp³-hybridized carbons (Fsp3) is 0.111. The summed E-state index contributed by atoms with van der Waals surface area (Å²) in [4.78, 5) is 12.3. The number of nitrogens with zero attached hydrogens (tertiary/aromatic N) is 2. The second-order valence-electron chi connectivity index (χ2n) is 5.44. The molecule has 0 aliphatic rings. The fourth-order valence-electron chi connectivity index (χ4n) is 2.35. The quantitative estimate of drug-likeness (QED) is 0.752. The molecule has 5 nitrogen and oxygen atoms in total. The van der Waals surface area contributed by atoms with Crippen molar-refractivity contribution in [2.24, 2.45) is 0 Å². The SMILES string of the molecule is Cc1cc(C(=O)Nc2ccc(OC(F)(F)F)cc2)nn1-c1ccccc1. The zero-order chi connectivity index (χ0) is 18.7. The van der Waals surface area contributed by atoms with E-state index in [9.17, 15) is 18.0 Å². The third-order valence-electron chi connectivity index (χ3n) is 3.47. The van der Waals surface area contributed by atoms with E-state index in [-0.39, 0.29) is 11.4 Å². The lowest BCUT2D eigenvalue weighted by Gasteiger charge is -2.09. The molecule has 1 heterocycles. The molecule has 1 aromatic heterocycles. The van der Waals surface area contributed by atoms with Gasteiger partial charge in [0, 0.05) is 11.4 Å². The maximum Gasteiger partial charge on any atom is 0.573 e. The highest BCUT2D eigenvalue weighted by atomic mass is 19.4. The maximum absolute atomic E-state index is 12.3. The monoisotopic (exact) mass is 361 g/mol. The van der Waals surface area contributed by atoms with Gasteiger partial charge in [0.05, 0.1) is 5.69 Å². The highest BCUT2D eigenvalue weighted by Gasteiger charge is 2.31. The maximum atomic E-state index is 12.3. The molecule has 0 fully saturated rings. The number of nitrogens with one attached hydrogen (secondary N) is 1. The van der Waals surface area contributed by atoms with E-state index in [1.807, 2.05) is 37.3 Å². The number of carbonyl (C=O) groups excluding carboxylic acids is 1. The molecule has 8 heteroatoms. The first-order chi connectivity index (χ1) is 12.3. The Morgan fingerprint density at radius 1 is 1.08 bits per heavy atom. The Hall–Kier alpha value is -3.29. The molecule has 1 amide bonds. The first-order valence-corrected chi connectivity index (χ1v) is 7.61. The van der Waals surface area contributed by atoms with Crippen molar-refractivity contribution in [2.75, 3.05) is 5.32 Å². The normalized spacial score (nSPS) is 11.2. The Balaban J connectivity index is 1.73. The molecule has 1 N–H and O–H groups in total. The number of aromatic nitrogens is 2. The van der Waals surface area contributed by atoms with Gasteiger partial charge in [-0.2, -0.15) is 5.10 Å². The lowest BCUT2D eigenvalue weighted by molar-refractivity contribution is -0.274. The fourth-order valence-corrected chi connectivity index (χ4v) is 2.35. The molecule has 26 heavy (non-hydrogen) atoms. The van der Waals surface area contributed by atoms with Gasteiger partial charge in [-0.1, -0.05) is 18.2 Å². The van der Waals surface area contributed by atoms with Gasteiger partial charge in [-0.05, 0) is 49.4 Å². The number of hydrogen-bond donors (Lipinski definition) is 1. The molecule has 0 spiro atoms. The molecule has 3 rings (SSSR count). The summed E-state index contributed by atoms with van der Waals surface area (Å²) in [6, 6.07) is 15.8. The molecule has 0 bridgehead atoms. The Labute approximate surface area is 147 Å². The average molecular weight is 361 g/mol. The summed E-state index contributed by atoms with van der Waals surface area (Å²) in [5.74, 6) is -0.827. The number of halogens is 3. The Morgan fingerprint density at radius 3 is 2.35 bits per heavy atom. The van der Waals surface area contributed by atoms with Gasteiger partial charge in [0.25, 0.3) is 5.91 Å². The van der Waals surface area contributed by atoms with E-state index in [1.54, 1.807) is 10.7 Å². The van der Waals surface area contributed by atoms with Crippen LogP contribution in [0, 0.1) is 6.92 Å². The summed E-state index contributed by atoms with van der Waals surface area (Å²) in [5, 5.41) is 6.86. The number of alkyl halides is 3. The van der Waals surface area contributed by atoms with Gasteiger partial charge in [0.2, 0.25) is 0 Å². The third kappa shape index (κ3) is 4.21. The number of anilines is 1. The Bertz CT molecular complexity index is 904. The predicted octanol–water partition coefficient (Wildman–Crippen LogP) is 4.33. The standard InChI is InChI=1S/C18H14F3N3O2/c1-12-11-16(23-24(12)14-5-3-2-4-6-14)17(25)22-13-7-9-15(10-8-13)26-18(19,20)21/h2-11H,1H3,(H,22,25). The highest BCUT2D eigenvalue weighted by molar-refractivity contribution is 6.03. The number of rotatable bonds is 4. The van der Waals surface area contributed by atoms with Crippen LogP contribution in [-0.2, 0) is 0 Å². The van der Waals surface area contributed by atoms with Crippen LogP contribution in [0.3, 0.4) is 0 Å². The number of hydrogen-bond acceptors (Lipinski definition) is 3. The zero-order valence-electron chi connectivity index (χ0n) is 13.6. The molecule has 0 atom stereocenters. The van der Waals surface area contributed by atoms with Crippen LogP contribution in [0.4, 0.5) is 18.9 Å². The molecule has 134 valence electrons. The molecule has 0 unspecified atom stereocenters. The number of ether oxygens (including phenoxy) is 1. The van der Waals surface area contributed by atoms with E-state index in [2.05, 4.69) is 15.2 Å². The van der Waals surface area contributed by atoms with Gasteiger partial charge in [-0.25, -0.2) is 4.68 Å². The van der Waals surface area contributed by atoms with E-state index in [1.165, 1.54) is 12.1 Å². The zero-order valence-corrected chi connectivity index (χ0v) is 13.6. The van der Waals surface area contributed by atoms with Crippen LogP contribution in [0.1, 0.15) is 16.2 Å². The Kier molecular flexibility index (Phi) is 4.66. The minimum Gasteiger partial charge on any atom is -0.406 e. The minimum atomic E-state index is -4.76. The van der Waals surface area contributed by atoms with Gasteiger partial charge in [-0.3, -0.25) is 4.79 Å². The number of benzene rings is 2. The molecule has 0 aliphatic carbocycles. The van der Waals surface area contributed by atoms with E-state index < -0.39 is 12.3 Å². The van der Waals surface area contributed by atoms with Crippen molar-refractivity contribution in [3.8, 4) is 11.4 Å². The molecule has 0 saturated heterocycles. The van der Waals surface area contributed by atoms with Gasteiger partial charge in [-0.15, -0.1) is 13.2 Å². The largest absolute Gasteiger partial charge is 0.573 e. The van der Waals surface area contributed by atoms with Crippen molar-refractivity contribution in [1.82, 2.24) is 9.78 Å². The van der Waals surface area contributed by atoms with E-state index >= 15 is 0 Å². The summed E-state index contributed by atoms with van der Waals surface area (Å²) in [5.41, 5.74) is 2.12. The van der Waals surface area contributed by atoms with Crippen molar-refractivity contribution in [2.45, 2.75) is 13.3 Å². The van der Waals surface area contributed by atoms with E-state index in [4.69, 9.17) is 0 Å².